The molecule has 0 aromatic carbocycles. The van der Waals surface area contributed by atoms with Gasteiger partial charge in [0.15, 0.2) is 5.84 Å². The molecule has 0 saturated carbocycles. The van der Waals surface area contributed by atoms with Gasteiger partial charge in [-0.15, -0.1) is 0 Å². The Hall–Kier alpha value is -1.27. The van der Waals surface area contributed by atoms with Crippen LogP contribution in [0.5, 0.6) is 0 Å². The summed E-state index contributed by atoms with van der Waals surface area (Å²) in [7, 11) is 0. The number of thioether (sulfide) groups is 1. The second-order valence-electron chi connectivity index (χ2n) is 3.15. The minimum atomic E-state index is 0.0750. The van der Waals surface area contributed by atoms with Crippen molar-refractivity contribution in [3.63, 3.8) is 0 Å². The van der Waals surface area contributed by atoms with Crippen LogP contribution in [0.2, 0.25) is 0 Å². The van der Waals surface area contributed by atoms with Gasteiger partial charge in [0.05, 0.1) is 23.5 Å². The summed E-state index contributed by atoms with van der Waals surface area (Å²) >= 11 is 1.68. The van der Waals surface area contributed by atoms with Gasteiger partial charge in [-0.2, -0.15) is 0 Å². The summed E-state index contributed by atoms with van der Waals surface area (Å²) in [6.45, 7) is 1.57. The zero-order chi connectivity index (χ0) is 10.7. The summed E-state index contributed by atoms with van der Waals surface area (Å²) in [6.07, 6.45) is 1.59. The largest absolute Gasteiger partial charge is 0.409 e. The van der Waals surface area contributed by atoms with Crippen molar-refractivity contribution >= 4 is 17.6 Å². The Balaban J connectivity index is 2.03. The highest BCUT2D eigenvalue weighted by atomic mass is 32.2. The van der Waals surface area contributed by atoms with E-state index >= 15 is 0 Å². The van der Waals surface area contributed by atoms with Crippen molar-refractivity contribution in [1.29, 1.82) is 0 Å². The molecular formula is C9H11N3O2S. The summed E-state index contributed by atoms with van der Waals surface area (Å²) in [6, 6.07) is 3.64. The van der Waals surface area contributed by atoms with Gasteiger partial charge < -0.3 is 15.7 Å². The maximum Gasteiger partial charge on any atom is 0.171 e. The van der Waals surface area contributed by atoms with E-state index in [0.29, 0.717) is 10.8 Å². The molecule has 2 rings (SSSR count). The maximum atomic E-state index is 8.46. The zero-order valence-corrected chi connectivity index (χ0v) is 8.78. The summed E-state index contributed by atoms with van der Waals surface area (Å²) in [5.41, 5.74) is 6.03. The van der Waals surface area contributed by atoms with Crippen LogP contribution in [0.3, 0.4) is 0 Å². The Morgan fingerprint density at radius 2 is 2.40 bits per heavy atom. The first-order valence-electron chi connectivity index (χ1n) is 4.48. The number of oxime groups is 1. The fourth-order valence-electron chi connectivity index (χ4n) is 1.11. The normalized spacial score (nSPS) is 17.5. The van der Waals surface area contributed by atoms with Crippen molar-refractivity contribution in [2.24, 2.45) is 10.9 Å². The summed E-state index contributed by atoms with van der Waals surface area (Å²) in [5, 5.41) is 12.8. The highest BCUT2D eigenvalue weighted by Gasteiger charge is 2.19. The molecule has 0 bridgehead atoms. The van der Waals surface area contributed by atoms with Crippen molar-refractivity contribution < 1.29 is 9.94 Å². The highest BCUT2D eigenvalue weighted by molar-refractivity contribution is 8.00. The Labute approximate surface area is 91.3 Å². The number of pyridine rings is 1. The predicted octanol–water partition coefficient (Wildman–Crippen LogP) is 0.667. The first kappa shape index (κ1) is 10.3. The van der Waals surface area contributed by atoms with E-state index in [0.717, 1.165) is 18.2 Å². The van der Waals surface area contributed by atoms with Crippen LogP contribution in [0.25, 0.3) is 0 Å². The average Bonchev–Trinajstić information content (AvgIpc) is 2.23. The molecule has 0 amide bonds. The van der Waals surface area contributed by atoms with Crippen molar-refractivity contribution in [1.82, 2.24) is 4.98 Å². The lowest BCUT2D eigenvalue weighted by atomic mass is 10.3. The van der Waals surface area contributed by atoms with Crippen molar-refractivity contribution in [3.05, 3.63) is 23.9 Å². The van der Waals surface area contributed by atoms with Crippen LogP contribution in [0.1, 0.15) is 5.56 Å². The monoisotopic (exact) mass is 225 g/mol. The molecule has 3 N–H and O–H groups in total. The molecule has 1 aliphatic heterocycles. The third-order valence-electron chi connectivity index (χ3n) is 2.03. The van der Waals surface area contributed by atoms with Gasteiger partial charge >= 0.3 is 0 Å². The standard InChI is InChI=1S/C9H11N3O2S/c10-9(12-13)6-1-2-8(11-3-6)15-7-4-14-5-7/h1-3,7,13H,4-5H2,(H2,10,12). The number of nitrogens with zero attached hydrogens (tertiary/aromatic N) is 2. The van der Waals surface area contributed by atoms with Gasteiger partial charge in [0.1, 0.15) is 0 Å². The number of nitrogens with two attached hydrogens (primary N) is 1. The lowest BCUT2D eigenvalue weighted by Crippen LogP contribution is -2.30. The van der Waals surface area contributed by atoms with E-state index in [-0.39, 0.29) is 5.84 Å². The Kier molecular flexibility index (Phi) is 3.08. The topological polar surface area (TPSA) is 80.7 Å². The van der Waals surface area contributed by atoms with Crippen LogP contribution in [0.4, 0.5) is 0 Å². The van der Waals surface area contributed by atoms with Crippen LogP contribution in [0, 0.1) is 0 Å². The molecule has 1 fully saturated rings. The molecule has 0 aliphatic carbocycles. The molecule has 6 heteroatoms. The number of aromatic nitrogens is 1. The van der Waals surface area contributed by atoms with Crippen molar-refractivity contribution in [3.8, 4) is 0 Å². The molecule has 1 aliphatic rings. The smallest absolute Gasteiger partial charge is 0.171 e. The fourth-order valence-corrected chi connectivity index (χ4v) is 2.04. The number of hydrogen-bond donors (Lipinski definition) is 2. The lowest BCUT2D eigenvalue weighted by Gasteiger charge is -2.24. The van der Waals surface area contributed by atoms with E-state index in [9.17, 15) is 0 Å². The predicted molar refractivity (Wildman–Crippen MR) is 57.2 cm³/mol. The van der Waals surface area contributed by atoms with Crippen molar-refractivity contribution in [2.75, 3.05) is 13.2 Å². The third kappa shape index (κ3) is 2.40. The SMILES string of the molecule is NC(=NO)c1ccc(SC2COC2)nc1. The Bertz CT molecular complexity index is 362. The zero-order valence-electron chi connectivity index (χ0n) is 7.96. The van der Waals surface area contributed by atoms with Gasteiger partial charge in [0.25, 0.3) is 0 Å². The number of rotatable bonds is 3. The number of ether oxygens (including phenoxy) is 1. The third-order valence-corrected chi connectivity index (χ3v) is 3.12. The Morgan fingerprint density at radius 1 is 1.60 bits per heavy atom. The summed E-state index contributed by atoms with van der Waals surface area (Å²) in [4.78, 5) is 4.20. The van der Waals surface area contributed by atoms with Crippen molar-refractivity contribution in [2.45, 2.75) is 10.3 Å². The first-order valence-corrected chi connectivity index (χ1v) is 5.36. The van der Waals surface area contributed by atoms with E-state index in [2.05, 4.69) is 10.1 Å². The second kappa shape index (κ2) is 4.50. The molecule has 2 heterocycles. The van der Waals surface area contributed by atoms with Crippen LogP contribution in [-0.2, 0) is 4.74 Å². The fraction of sp³-hybridized carbons (Fsp3) is 0.333. The van der Waals surface area contributed by atoms with Gasteiger partial charge in [-0.25, -0.2) is 4.98 Å². The molecule has 1 aromatic rings. The molecule has 1 saturated heterocycles. The van der Waals surface area contributed by atoms with Gasteiger partial charge in [-0.05, 0) is 12.1 Å². The molecule has 0 atom stereocenters. The van der Waals surface area contributed by atoms with Gasteiger partial charge in [0, 0.05) is 11.8 Å². The van der Waals surface area contributed by atoms with E-state index in [4.69, 9.17) is 15.7 Å². The van der Waals surface area contributed by atoms with Gasteiger partial charge in [-0.3, -0.25) is 0 Å². The molecule has 0 unspecified atom stereocenters. The second-order valence-corrected chi connectivity index (χ2v) is 4.47. The molecule has 0 spiro atoms. The van der Waals surface area contributed by atoms with Crippen LogP contribution in [-0.4, -0.2) is 34.5 Å². The number of amidine groups is 1. The van der Waals surface area contributed by atoms with Crippen LogP contribution in [0.15, 0.2) is 28.5 Å². The van der Waals surface area contributed by atoms with Gasteiger partial charge in [-0.1, -0.05) is 16.9 Å². The highest BCUT2D eigenvalue weighted by Crippen LogP contribution is 2.26. The molecule has 5 nitrogen and oxygen atoms in total. The minimum absolute atomic E-state index is 0.0750. The molecular weight excluding hydrogens is 214 g/mol. The lowest BCUT2D eigenvalue weighted by molar-refractivity contribution is 0.0454. The van der Waals surface area contributed by atoms with E-state index in [1.165, 1.54) is 0 Å². The van der Waals surface area contributed by atoms with Gasteiger partial charge in [0.2, 0.25) is 0 Å². The van der Waals surface area contributed by atoms with Crippen LogP contribution < -0.4 is 5.73 Å². The molecule has 80 valence electrons. The first-order chi connectivity index (χ1) is 7.29. The Morgan fingerprint density at radius 3 is 2.87 bits per heavy atom. The molecule has 1 aromatic heterocycles. The maximum absolute atomic E-state index is 8.46. The molecule has 15 heavy (non-hydrogen) atoms. The van der Waals surface area contributed by atoms with E-state index < -0.39 is 0 Å². The summed E-state index contributed by atoms with van der Waals surface area (Å²) < 4.78 is 5.07. The van der Waals surface area contributed by atoms with Crippen LogP contribution >= 0.6 is 11.8 Å². The number of hydrogen-bond acceptors (Lipinski definition) is 5. The molecule has 0 radical (unpaired) electrons. The minimum Gasteiger partial charge on any atom is -0.409 e. The van der Waals surface area contributed by atoms with E-state index in [1.54, 1.807) is 24.0 Å². The summed E-state index contributed by atoms with van der Waals surface area (Å²) in [5.74, 6) is 0.0750. The van der Waals surface area contributed by atoms with E-state index in [1.807, 2.05) is 6.07 Å². The quantitative estimate of drug-likeness (QED) is 0.342. The average molecular weight is 225 g/mol.